The maximum absolute atomic E-state index is 9.16. The summed E-state index contributed by atoms with van der Waals surface area (Å²) >= 11 is 0. The molecule has 0 radical (unpaired) electrons. The van der Waals surface area contributed by atoms with E-state index < -0.39 is 31.0 Å². The van der Waals surface area contributed by atoms with Gasteiger partial charge in [-0.3, -0.25) is 4.99 Å². The molecule has 0 rings (SSSR count). The van der Waals surface area contributed by atoms with E-state index in [4.69, 9.17) is 25.5 Å². The minimum atomic E-state index is -1.60. The summed E-state index contributed by atoms with van der Waals surface area (Å²) in [5.74, 6) is 0. The Morgan fingerprint density at radius 1 is 1.15 bits per heavy atom. The van der Waals surface area contributed by atoms with Gasteiger partial charge in [-0.1, -0.05) is 0 Å². The molecule has 6 nitrogen and oxygen atoms in total. The van der Waals surface area contributed by atoms with Crippen molar-refractivity contribution in [3.8, 4) is 0 Å². The number of hydrogen-bond acceptors (Lipinski definition) is 6. The minimum Gasteiger partial charge on any atom is -0.394 e. The van der Waals surface area contributed by atoms with Crippen LogP contribution >= 0.6 is 0 Å². The van der Waals surface area contributed by atoms with Crippen molar-refractivity contribution in [1.29, 1.82) is 0 Å². The Morgan fingerprint density at radius 3 is 2.08 bits per heavy atom. The van der Waals surface area contributed by atoms with Crippen LogP contribution in [0.1, 0.15) is 0 Å². The standard InChI is InChI=1S/C7H15NO5/c1-8-2-4(10)6(12)7(13)5(11)3-9/h2,4-7,9-13H,3H2,1H3/t4-,5?,6?,7+/m1/s1. The molecule has 0 saturated heterocycles. The lowest BCUT2D eigenvalue weighted by Crippen LogP contribution is -2.46. The van der Waals surface area contributed by atoms with Gasteiger partial charge in [-0.2, -0.15) is 0 Å². The Labute approximate surface area is 75.8 Å². The van der Waals surface area contributed by atoms with Crippen molar-refractivity contribution in [2.75, 3.05) is 13.7 Å². The minimum absolute atomic E-state index is 0.686. The van der Waals surface area contributed by atoms with E-state index in [1.807, 2.05) is 0 Å². The third-order valence-electron chi connectivity index (χ3n) is 1.58. The van der Waals surface area contributed by atoms with Crippen LogP contribution < -0.4 is 0 Å². The normalized spacial score (nSPS) is 21.4. The molecule has 0 aromatic rings. The van der Waals surface area contributed by atoms with E-state index in [2.05, 4.69) is 4.99 Å². The molecule has 4 atom stereocenters. The van der Waals surface area contributed by atoms with Crippen molar-refractivity contribution in [3.63, 3.8) is 0 Å². The molecule has 5 N–H and O–H groups in total. The Bertz CT molecular complexity index is 163. The molecule has 78 valence electrons. The van der Waals surface area contributed by atoms with Crippen molar-refractivity contribution >= 4 is 6.21 Å². The van der Waals surface area contributed by atoms with E-state index in [-0.39, 0.29) is 0 Å². The Hall–Kier alpha value is -0.530. The van der Waals surface area contributed by atoms with Crippen LogP contribution in [0.25, 0.3) is 0 Å². The second-order valence-electron chi connectivity index (χ2n) is 2.63. The molecule has 0 spiro atoms. The van der Waals surface area contributed by atoms with Gasteiger partial charge in [0.05, 0.1) is 6.61 Å². The molecule has 0 heterocycles. The van der Waals surface area contributed by atoms with Gasteiger partial charge in [0, 0.05) is 13.3 Å². The number of rotatable bonds is 5. The van der Waals surface area contributed by atoms with Crippen molar-refractivity contribution in [2.45, 2.75) is 24.4 Å². The first kappa shape index (κ1) is 12.5. The van der Waals surface area contributed by atoms with E-state index in [1.54, 1.807) is 0 Å². The molecule has 6 heteroatoms. The van der Waals surface area contributed by atoms with Gasteiger partial charge < -0.3 is 25.5 Å². The lowest BCUT2D eigenvalue weighted by Gasteiger charge is -2.23. The summed E-state index contributed by atoms with van der Waals surface area (Å²) in [6.45, 7) is -0.686. The van der Waals surface area contributed by atoms with Crippen LogP contribution in [0.2, 0.25) is 0 Å². The topological polar surface area (TPSA) is 114 Å². The number of nitrogens with zero attached hydrogens (tertiary/aromatic N) is 1. The zero-order valence-electron chi connectivity index (χ0n) is 7.28. The predicted octanol–water partition coefficient (Wildman–Crippen LogP) is -2.88. The fourth-order valence-electron chi connectivity index (χ4n) is 0.779. The van der Waals surface area contributed by atoms with Gasteiger partial charge in [0.2, 0.25) is 0 Å². The first-order chi connectivity index (χ1) is 6.04. The highest BCUT2D eigenvalue weighted by Crippen LogP contribution is 2.03. The summed E-state index contributed by atoms with van der Waals surface area (Å²) < 4.78 is 0. The molecule has 0 saturated carbocycles. The second kappa shape index (κ2) is 6.01. The Morgan fingerprint density at radius 2 is 1.69 bits per heavy atom. The molecule has 0 aromatic heterocycles. The molecule has 13 heavy (non-hydrogen) atoms. The molecule has 0 aliphatic heterocycles. The summed E-state index contributed by atoms with van der Waals surface area (Å²) in [5, 5.41) is 44.7. The van der Waals surface area contributed by atoms with Crippen LogP contribution in [0.15, 0.2) is 4.99 Å². The molecule has 0 aliphatic rings. The summed E-state index contributed by atoms with van der Waals surface area (Å²) in [6, 6.07) is 0. The van der Waals surface area contributed by atoms with Gasteiger partial charge >= 0.3 is 0 Å². The molecular formula is C7H15NO5. The van der Waals surface area contributed by atoms with Crippen LogP contribution in [0.4, 0.5) is 0 Å². The Balaban J connectivity index is 4.15. The molecule has 2 unspecified atom stereocenters. The average Bonchev–Trinajstić information content (AvgIpc) is 2.14. The Kier molecular flexibility index (Phi) is 5.76. The summed E-state index contributed by atoms with van der Waals surface area (Å²) in [5.41, 5.74) is 0. The van der Waals surface area contributed by atoms with Crippen LogP contribution in [0, 0.1) is 0 Å². The van der Waals surface area contributed by atoms with E-state index in [9.17, 15) is 0 Å². The SMILES string of the molecule is CN=C[C@@H](O)C(O)[C@@H](O)C(O)CO. The molecule has 0 aliphatic carbocycles. The van der Waals surface area contributed by atoms with Crippen molar-refractivity contribution in [2.24, 2.45) is 4.99 Å². The van der Waals surface area contributed by atoms with Gasteiger partial charge in [0.15, 0.2) is 0 Å². The van der Waals surface area contributed by atoms with Gasteiger partial charge in [0.1, 0.15) is 24.4 Å². The van der Waals surface area contributed by atoms with Crippen molar-refractivity contribution < 1.29 is 25.5 Å². The van der Waals surface area contributed by atoms with E-state index in [0.717, 1.165) is 6.21 Å². The number of aliphatic hydroxyl groups is 5. The average molecular weight is 193 g/mol. The fraction of sp³-hybridized carbons (Fsp3) is 0.857. The van der Waals surface area contributed by atoms with Crippen LogP contribution in [-0.4, -0.2) is 69.8 Å². The summed E-state index contributed by atoms with van der Waals surface area (Å²) in [6.07, 6.45) is -4.97. The van der Waals surface area contributed by atoms with Crippen LogP contribution in [0.3, 0.4) is 0 Å². The summed E-state index contributed by atoms with van der Waals surface area (Å²) in [4.78, 5) is 3.43. The highest BCUT2D eigenvalue weighted by Gasteiger charge is 2.28. The second-order valence-corrected chi connectivity index (χ2v) is 2.63. The van der Waals surface area contributed by atoms with E-state index in [0.29, 0.717) is 0 Å². The first-order valence-corrected chi connectivity index (χ1v) is 3.80. The molecule has 0 amide bonds. The highest BCUT2D eigenvalue weighted by molar-refractivity contribution is 5.63. The molecule has 0 fully saturated rings. The van der Waals surface area contributed by atoms with Gasteiger partial charge in [0.25, 0.3) is 0 Å². The maximum atomic E-state index is 9.16. The smallest absolute Gasteiger partial charge is 0.117 e. The number of hydrogen-bond donors (Lipinski definition) is 5. The third-order valence-corrected chi connectivity index (χ3v) is 1.58. The number of aliphatic imine (C=N–C) groups is 1. The molecule has 0 aromatic carbocycles. The highest BCUT2D eigenvalue weighted by atomic mass is 16.4. The monoisotopic (exact) mass is 193 g/mol. The zero-order valence-corrected chi connectivity index (χ0v) is 7.28. The van der Waals surface area contributed by atoms with Gasteiger partial charge in [-0.05, 0) is 0 Å². The predicted molar refractivity (Wildman–Crippen MR) is 45.5 cm³/mol. The zero-order chi connectivity index (χ0) is 10.4. The van der Waals surface area contributed by atoms with Crippen molar-refractivity contribution in [3.05, 3.63) is 0 Å². The largest absolute Gasteiger partial charge is 0.394 e. The summed E-state index contributed by atoms with van der Waals surface area (Å²) in [7, 11) is 1.39. The first-order valence-electron chi connectivity index (χ1n) is 3.80. The lowest BCUT2D eigenvalue weighted by atomic mass is 10.0. The van der Waals surface area contributed by atoms with Crippen LogP contribution in [-0.2, 0) is 0 Å². The number of aliphatic hydroxyl groups excluding tert-OH is 5. The van der Waals surface area contributed by atoms with Gasteiger partial charge in [-0.15, -0.1) is 0 Å². The van der Waals surface area contributed by atoms with Crippen LogP contribution in [0.5, 0.6) is 0 Å². The quantitative estimate of drug-likeness (QED) is 0.301. The van der Waals surface area contributed by atoms with E-state index in [1.165, 1.54) is 7.05 Å². The fourth-order valence-corrected chi connectivity index (χ4v) is 0.779. The maximum Gasteiger partial charge on any atom is 0.117 e. The van der Waals surface area contributed by atoms with Gasteiger partial charge in [-0.25, -0.2) is 0 Å². The molecule has 0 bridgehead atoms. The third kappa shape index (κ3) is 3.79. The molecular weight excluding hydrogens is 178 g/mol. The van der Waals surface area contributed by atoms with Crippen molar-refractivity contribution in [1.82, 2.24) is 0 Å². The lowest BCUT2D eigenvalue weighted by molar-refractivity contribution is -0.0999. The van der Waals surface area contributed by atoms with E-state index >= 15 is 0 Å².